The minimum absolute atomic E-state index is 0.871. The lowest BCUT2D eigenvalue weighted by molar-refractivity contribution is 0.632. The summed E-state index contributed by atoms with van der Waals surface area (Å²) in [7, 11) is 0. The summed E-state index contributed by atoms with van der Waals surface area (Å²) in [5.41, 5.74) is 12.3. The van der Waals surface area contributed by atoms with E-state index in [4.69, 9.17) is 4.42 Å². The topological polar surface area (TPSA) is 16.4 Å². The van der Waals surface area contributed by atoms with Crippen LogP contribution >= 0.6 is 0 Å². The lowest BCUT2D eigenvalue weighted by atomic mass is 9.96. The third-order valence-electron chi connectivity index (χ3n) is 8.51. The highest BCUT2D eigenvalue weighted by molar-refractivity contribution is 5.94. The van der Waals surface area contributed by atoms with Gasteiger partial charge < -0.3 is 9.32 Å². The van der Waals surface area contributed by atoms with E-state index in [2.05, 4.69) is 175 Å². The third kappa shape index (κ3) is 5.16. The first kappa shape index (κ1) is 27.4. The number of rotatable bonds is 7. The van der Waals surface area contributed by atoms with Gasteiger partial charge in [0.05, 0.1) is 11.4 Å². The Labute approximate surface area is 269 Å². The van der Waals surface area contributed by atoms with Gasteiger partial charge in [-0.05, 0) is 58.7 Å². The van der Waals surface area contributed by atoms with Crippen molar-refractivity contribution in [1.82, 2.24) is 0 Å². The normalized spacial score (nSPS) is 11.0. The largest absolute Gasteiger partial charge is 0.456 e. The van der Waals surface area contributed by atoms with Gasteiger partial charge in [-0.15, -0.1) is 0 Å². The van der Waals surface area contributed by atoms with Crippen LogP contribution in [0.15, 0.2) is 192 Å². The van der Waals surface area contributed by atoms with Crippen molar-refractivity contribution in [2.24, 2.45) is 0 Å². The molecular formula is C44H31NO. The third-order valence-corrected chi connectivity index (χ3v) is 8.51. The zero-order valence-electron chi connectivity index (χ0n) is 25.3. The van der Waals surface area contributed by atoms with Crippen LogP contribution in [0.2, 0.25) is 0 Å². The highest BCUT2D eigenvalue weighted by atomic mass is 16.3. The molecule has 218 valence electrons. The minimum atomic E-state index is 0.871. The summed E-state index contributed by atoms with van der Waals surface area (Å²) < 4.78 is 6.30. The molecule has 0 aliphatic carbocycles. The van der Waals surface area contributed by atoms with Crippen LogP contribution in [-0.4, -0.2) is 0 Å². The first-order valence-corrected chi connectivity index (χ1v) is 15.6. The molecule has 2 nitrogen and oxygen atoms in total. The van der Waals surface area contributed by atoms with Crippen molar-refractivity contribution in [2.75, 3.05) is 4.90 Å². The summed E-state index contributed by atoms with van der Waals surface area (Å²) in [6.07, 6.45) is 0. The predicted octanol–water partition coefficient (Wildman–Crippen LogP) is 12.6. The van der Waals surface area contributed by atoms with Gasteiger partial charge >= 0.3 is 0 Å². The van der Waals surface area contributed by atoms with E-state index in [-0.39, 0.29) is 0 Å². The molecule has 7 aromatic carbocycles. The molecule has 0 N–H and O–H groups in total. The van der Waals surface area contributed by atoms with E-state index in [1.165, 1.54) is 22.3 Å². The zero-order chi connectivity index (χ0) is 30.7. The Morgan fingerprint density at radius 3 is 1.39 bits per heavy atom. The van der Waals surface area contributed by atoms with E-state index in [1.54, 1.807) is 0 Å². The second-order valence-corrected chi connectivity index (χ2v) is 11.3. The fraction of sp³-hybridized carbons (Fsp3) is 0. The van der Waals surface area contributed by atoms with Crippen LogP contribution in [-0.2, 0) is 0 Å². The average Bonchev–Trinajstić information content (AvgIpc) is 3.58. The smallest absolute Gasteiger partial charge is 0.136 e. The van der Waals surface area contributed by atoms with Crippen LogP contribution in [0.3, 0.4) is 0 Å². The Morgan fingerprint density at radius 2 is 0.804 bits per heavy atom. The molecular weight excluding hydrogens is 558 g/mol. The van der Waals surface area contributed by atoms with Crippen molar-refractivity contribution in [2.45, 2.75) is 0 Å². The molecule has 1 aromatic heterocycles. The van der Waals surface area contributed by atoms with Gasteiger partial charge in [-0.2, -0.15) is 0 Å². The van der Waals surface area contributed by atoms with Crippen molar-refractivity contribution in [3.8, 4) is 44.7 Å². The van der Waals surface area contributed by atoms with Gasteiger partial charge in [0.15, 0.2) is 0 Å². The van der Waals surface area contributed by atoms with Gasteiger partial charge in [-0.1, -0.05) is 152 Å². The van der Waals surface area contributed by atoms with Crippen molar-refractivity contribution >= 4 is 28.0 Å². The number of anilines is 3. The first-order chi connectivity index (χ1) is 22.8. The summed E-state index contributed by atoms with van der Waals surface area (Å²) in [6.45, 7) is 0. The molecule has 1 heterocycles. The summed E-state index contributed by atoms with van der Waals surface area (Å²) in [5.74, 6) is 0.871. The van der Waals surface area contributed by atoms with Crippen molar-refractivity contribution in [3.05, 3.63) is 188 Å². The van der Waals surface area contributed by atoms with Crippen LogP contribution in [0.25, 0.3) is 55.7 Å². The van der Waals surface area contributed by atoms with E-state index < -0.39 is 0 Å². The molecule has 0 saturated heterocycles. The second kappa shape index (κ2) is 12.1. The van der Waals surface area contributed by atoms with Crippen LogP contribution in [0, 0.1) is 0 Å². The molecule has 46 heavy (non-hydrogen) atoms. The second-order valence-electron chi connectivity index (χ2n) is 11.3. The molecule has 8 aromatic rings. The maximum Gasteiger partial charge on any atom is 0.136 e. The Balaban J connectivity index is 1.28. The summed E-state index contributed by atoms with van der Waals surface area (Å²) in [6, 6.07) is 66.3. The minimum Gasteiger partial charge on any atom is -0.456 e. The molecule has 8 rings (SSSR count). The highest BCUT2D eigenvalue weighted by Gasteiger charge is 2.20. The fourth-order valence-electron chi connectivity index (χ4n) is 6.32. The maximum atomic E-state index is 6.30. The van der Waals surface area contributed by atoms with Gasteiger partial charge in [0.1, 0.15) is 11.3 Å². The molecule has 0 spiro atoms. The SMILES string of the molecule is c1ccc(-c2ccccc2N(c2ccc(-c3ccccc3-c3cc4ccccc4o3)cc2)c2ccccc2-c2ccccc2)cc1. The van der Waals surface area contributed by atoms with Gasteiger partial charge in [0.2, 0.25) is 0 Å². The van der Waals surface area contributed by atoms with Crippen LogP contribution in [0.5, 0.6) is 0 Å². The van der Waals surface area contributed by atoms with Crippen LogP contribution < -0.4 is 4.90 Å². The van der Waals surface area contributed by atoms with Crippen LogP contribution in [0.4, 0.5) is 17.1 Å². The number of para-hydroxylation sites is 3. The molecule has 2 heteroatoms. The molecule has 0 amide bonds. The molecule has 0 radical (unpaired) electrons. The lowest BCUT2D eigenvalue weighted by Gasteiger charge is -2.30. The first-order valence-electron chi connectivity index (χ1n) is 15.6. The number of nitrogens with zero attached hydrogens (tertiary/aromatic N) is 1. The summed E-state index contributed by atoms with van der Waals surface area (Å²) in [4.78, 5) is 2.39. The molecule has 0 aliphatic heterocycles. The molecule has 0 fully saturated rings. The quantitative estimate of drug-likeness (QED) is 0.184. The van der Waals surface area contributed by atoms with Gasteiger partial charge in [-0.25, -0.2) is 0 Å². The Hall–Kier alpha value is -6.12. The highest BCUT2D eigenvalue weighted by Crippen LogP contribution is 2.45. The number of hydrogen-bond acceptors (Lipinski definition) is 2. The number of fused-ring (bicyclic) bond motifs is 1. The van der Waals surface area contributed by atoms with E-state index in [1.807, 2.05) is 18.2 Å². The average molecular weight is 590 g/mol. The van der Waals surface area contributed by atoms with E-state index in [0.29, 0.717) is 0 Å². The summed E-state index contributed by atoms with van der Waals surface area (Å²) in [5, 5.41) is 1.10. The fourth-order valence-corrected chi connectivity index (χ4v) is 6.32. The van der Waals surface area contributed by atoms with Crippen molar-refractivity contribution in [1.29, 1.82) is 0 Å². The van der Waals surface area contributed by atoms with E-state index >= 15 is 0 Å². The van der Waals surface area contributed by atoms with Crippen molar-refractivity contribution in [3.63, 3.8) is 0 Å². The van der Waals surface area contributed by atoms with Gasteiger partial charge in [0, 0.05) is 27.8 Å². The molecule has 0 bridgehead atoms. The summed E-state index contributed by atoms with van der Waals surface area (Å²) >= 11 is 0. The molecule has 0 saturated carbocycles. The van der Waals surface area contributed by atoms with E-state index in [0.717, 1.165) is 50.5 Å². The Morgan fingerprint density at radius 1 is 0.348 bits per heavy atom. The molecule has 0 unspecified atom stereocenters. The number of furan rings is 1. The van der Waals surface area contributed by atoms with Gasteiger partial charge in [-0.3, -0.25) is 0 Å². The Kier molecular flexibility index (Phi) is 7.22. The maximum absolute atomic E-state index is 6.30. The van der Waals surface area contributed by atoms with E-state index in [9.17, 15) is 0 Å². The zero-order valence-corrected chi connectivity index (χ0v) is 25.3. The molecule has 0 atom stereocenters. The lowest BCUT2D eigenvalue weighted by Crippen LogP contribution is -2.12. The number of benzene rings is 7. The number of hydrogen-bond donors (Lipinski definition) is 0. The standard InChI is InChI=1S/C44H31NO/c1-3-15-32(16-4-1)38-21-10-12-24-41(38)45(42-25-13-11-22-39(42)33-17-5-2-6-18-33)36-29-27-34(28-30-36)37-20-8-9-23-40(37)44-31-35-19-7-14-26-43(35)46-44/h1-31H. The monoisotopic (exact) mass is 589 g/mol. The van der Waals surface area contributed by atoms with Crippen LogP contribution in [0.1, 0.15) is 0 Å². The van der Waals surface area contributed by atoms with Gasteiger partial charge in [0.25, 0.3) is 0 Å². The van der Waals surface area contributed by atoms with Crippen molar-refractivity contribution < 1.29 is 4.42 Å². The predicted molar refractivity (Wildman–Crippen MR) is 193 cm³/mol. The molecule has 0 aliphatic rings. The Bertz CT molecular complexity index is 2130.